The van der Waals surface area contributed by atoms with E-state index in [-0.39, 0.29) is 11.3 Å². The third-order valence-electron chi connectivity index (χ3n) is 5.30. The monoisotopic (exact) mass is 448 g/mol. The Balaban J connectivity index is 1.92. The molecule has 1 aliphatic heterocycles. The summed E-state index contributed by atoms with van der Waals surface area (Å²) in [4.78, 5) is 30.1. The number of rotatable bonds is 6. The second-order valence-electron chi connectivity index (χ2n) is 7.09. The van der Waals surface area contributed by atoms with Crippen LogP contribution in [0, 0.1) is 0 Å². The van der Waals surface area contributed by atoms with Gasteiger partial charge in [-0.15, -0.1) is 0 Å². The number of hydrogen-bond donors (Lipinski definition) is 0. The van der Waals surface area contributed by atoms with Crippen LogP contribution >= 0.6 is 11.6 Å². The predicted octanol–water partition coefficient (Wildman–Crippen LogP) is 4.78. The normalized spacial score (nSPS) is 13.6. The van der Waals surface area contributed by atoms with Gasteiger partial charge in [0.2, 0.25) is 0 Å². The molecule has 1 aliphatic rings. The summed E-state index contributed by atoms with van der Waals surface area (Å²) in [5, 5.41) is 0.310. The standard InChI is InChI=1S/C25H21ClN2O4/c1-27(17-9-5-4-6-10-17)23-22(16-13-14-20(31-2)21(15-16)32-3)24(29)28(25(23)30)19-12-8-7-11-18(19)26/h4-15H,1-3H3. The first-order valence-corrected chi connectivity index (χ1v) is 10.2. The maximum Gasteiger partial charge on any atom is 0.282 e. The van der Waals surface area contributed by atoms with Crippen LogP contribution in [0.1, 0.15) is 5.56 Å². The number of amides is 2. The van der Waals surface area contributed by atoms with Crippen molar-refractivity contribution in [1.29, 1.82) is 0 Å². The van der Waals surface area contributed by atoms with Crippen molar-refractivity contribution < 1.29 is 19.1 Å². The molecule has 0 saturated carbocycles. The summed E-state index contributed by atoms with van der Waals surface area (Å²) < 4.78 is 10.7. The van der Waals surface area contributed by atoms with E-state index in [9.17, 15) is 9.59 Å². The van der Waals surface area contributed by atoms with E-state index in [0.29, 0.717) is 27.8 Å². The zero-order valence-electron chi connectivity index (χ0n) is 17.8. The van der Waals surface area contributed by atoms with Crippen LogP contribution in [0.15, 0.2) is 78.5 Å². The maximum atomic E-state index is 13.7. The highest BCUT2D eigenvalue weighted by Crippen LogP contribution is 2.40. The number of imide groups is 1. The minimum atomic E-state index is -0.465. The van der Waals surface area contributed by atoms with Crippen LogP contribution in [0.25, 0.3) is 5.57 Å². The summed E-state index contributed by atoms with van der Waals surface area (Å²) in [6, 6.07) is 21.3. The SMILES string of the molecule is COc1ccc(C2=C(N(C)c3ccccc3)C(=O)N(c3ccccc3Cl)C2=O)cc1OC. The predicted molar refractivity (Wildman–Crippen MR) is 125 cm³/mol. The number of hydrogen-bond acceptors (Lipinski definition) is 5. The molecule has 162 valence electrons. The van der Waals surface area contributed by atoms with Gasteiger partial charge in [0.1, 0.15) is 5.70 Å². The van der Waals surface area contributed by atoms with Crippen molar-refractivity contribution in [2.24, 2.45) is 0 Å². The van der Waals surface area contributed by atoms with Gasteiger partial charge < -0.3 is 14.4 Å². The fourth-order valence-electron chi connectivity index (χ4n) is 3.71. The number of methoxy groups -OCH3 is 2. The van der Waals surface area contributed by atoms with Crippen LogP contribution in [0.5, 0.6) is 11.5 Å². The van der Waals surface area contributed by atoms with E-state index < -0.39 is 11.8 Å². The molecule has 2 amide bonds. The Hall–Kier alpha value is -3.77. The molecule has 0 unspecified atom stereocenters. The Labute approximate surface area is 191 Å². The number of benzene rings is 3. The van der Waals surface area contributed by atoms with Gasteiger partial charge in [0.15, 0.2) is 11.5 Å². The van der Waals surface area contributed by atoms with Crippen LogP contribution in [0.3, 0.4) is 0 Å². The first-order chi connectivity index (χ1) is 15.5. The average molecular weight is 449 g/mol. The van der Waals surface area contributed by atoms with Gasteiger partial charge in [-0.1, -0.05) is 48.0 Å². The molecule has 1 heterocycles. The van der Waals surface area contributed by atoms with Crippen molar-refractivity contribution in [3.05, 3.63) is 89.1 Å². The van der Waals surface area contributed by atoms with Gasteiger partial charge >= 0.3 is 0 Å². The Kier molecular flexibility index (Phi) is 5.88. The quantitative estimate of drug-likeness (QED) is 0.508. The Morgan fingerprint density at radius 1 is 0.812 bits per heavy atom. The largest absolute Gasteiger partial charge is 0.493 e. The maximum absolute atomic E-state index is 13.7. The Morgan fingerprint density at radius 3 is 2.12 bits per heavy atom. The van der Waals surface area contributed by atoms with Gasteiger partial charge in [0.25, 0.3) is 11.8 Å². The van der Waals surface area contributed by atoms with E-state index in [1.54, 1.807) is 54.4 Å². The van der Waals surface area contributed by atoms with Crippen molar-refractivity contribution in [1.82, 2.24) is 0 Å². The summed E-state index contributed by atoms with van der Waals surface area (Å²) in [5.41, 5.74) is 2.13. The first kappa shape index (κ1) is 21.5. The lowest BCUT2D eigenvalue weighted by Crippen LogP contribution is -2.34. The molecule has 0 atom stereocenters. The first-order valence-electron chi connectivity index (χ1n) is 9.86. The Bertz CT molecular complexity index is 1220. The molecule has 0 fully saturated rings. The number of carbonyl (C=O) groups is 2. The molecule has 3 aromatic carbocycles. The number of nitrogens with zero attached hydrogens (tertiary/aromatic N) is 2. The lowest BCUT2D eigenvalue weighted by molar-refractivity contribution is -0.120. The molecule has 0 radical (unpaired) electrons. The summed E-state index contributed by atoms with van der Waals surface area (Å²) in [6.07, 6.45) is 0. The molecular formula is C25H21ClN2O4. The zero-order valence-corrected chi connectivity index (χ0v) is 18.6. The number of likely N-dealkylation sites (N-methyl/N-ethyl adjacent to an activating group) is 1. The molecule has 6 nitrogen and oxygen atoms in total. The van der Waals surface area contributed by atoms with E-state index in [2.05, 4.69) is 0 Å². The van der Waals surface area contributed by atoms with E-state index in [0.717, 1.165) is 10.6 Å². The van der Waals surface area contributed by atoms with Gasteiger partial charge in [-0.05, 0) is 42.0 Å². The molecular weight excluding hydrogens is 428 g/mol. The van der Waals surface area contributed by atoms with Crippen molar-refractivity contribution in [2.75, 3.05) is 31.1 Å². The molecule has 0 spiro atoms. The van der Waals surface area contributed by atoms with Crippen molar-refractivity contribution in [3.63, 3.8) is 0 Å². The highest BCUT2D eigenvalue weighted by molar-refractivity contribution is 6.48. The smallest absolute Gasteiger partial charge is 0.282 e. The lowest BCUT2D eigenvalue weighted by atomic mass is 10.0. The zero-order chi connectivity index (χ0) is 22.8. The van der Waals surface area contributed by atoms with E-state index in [4.69, 9.17) is 21.1 Å². The summed E-state index contributed by atoms with van der Waals surface area (Å²) in [5.74, 6) is 0.0533. The van der Waals surface area contributed by atoms with E-state index in [1.807, 2.05) is 30.3 Å². The van der Waals surface area contributed by atoms with Crippen LogP contribution in [0.2, 0.25) is 5.02 Å². The van der Waals surface area contributed by atoms with E-state index in [1.165, 1.54) is 14.2 Å². The number of ether oxygens (including phenoxy) is 2. The Morgan fingerprint density at radius 2 is 1.47 bits per heavy atom. The van der Waals surface area contributed by atoms with Crippen LogP contribution in [0.4, 0.5) is 11.4 Å². The highest BCUT2D eigenvalue weighted by atomic mass is 35.5. The molecule has 0 aliphatic carbocycles. The topological polar surface area (TPSA) is 59.1 Å². The van der Waals surface area contributed by atoms with Gasteiger partial charge in [-0.3, -0.25) is 9.59 Å². The third-order valence-corrected chi connectivity index (χ3v) is 5.62. The minimum Gasteiger partial charge on any atom is -0.493 e. The molecule has 3 aromatic rings. The second-order valence-corrected chi connectivity index (χ2v) is 7.49. The lowest BCUT2D eigenvalue weighted by Gasteiger charge is -2.22. The minimum absolute atomic E-state index is 0.244. The summed E-state index contributed by atoms with van der Waals surface area (Å²) >= 11 is 6.35. The molecule has 0 aromatic heterocycles. The molecule has 0 bridgehead atoms. The second kappa shape index (κ2) is 8.77. The van der Waals surface area contributed by atoms with Crippen molar-refractivity contribution in [3.8, 4) is 11.5 Å². The van der Waals surface area contributed by atoms with Gasteiger partial charge in [0.05, 0.1) is 30.5 Å². The van der Waals surface area contributed by atoms with Gasteiger partial charge in [0, 0.05) is 12.7 Å². The number of para-hydroxylation sites is 2. The fraction of sp³-hybridized carbons (Fsp3) is 0.120. The van der Waals surface area contributed by atoms with E-state index >= 15 is 0 Å². The van der Waals surface area contributed by atoms with Crippen molar-refractivity contribution in [2.45, 2.75) is 0 Å². The van der Waals surface area contributed by atoms with Crippen molar-refractivity contribution >= 4 is 40.4 Å². The highest BCUT2D eigenvalue weighted by Gasteiger charge is 2.43. The number of carbonyl (C=O) groups excluding carboxylic acids is 2. The molecule has 7 heteroatoms. The molecule has 32 heavy (non-hydrogen) atoms. The van der Waals surface area contributed by atoms with Crippen LogP contribution in [-0.2, 0) is 9.59 Å². The molecule has 4 rings (SSSR count). The van der Waals surface area contributed by atoms with Crippen LogP contribution in [-0.4, -0.2) is 33.1 Å². The summed E-state index contributed by atoms with van der Waals surface area (Å²) in [7, 11) is 4.81. The molecule has 0 N–H and O–H groups in total. The number of halogens is 1. The number of anilines is 2. The molecule has 0 saturated heterocycles. The van der Waals surface area contributed by atoms with Gasteiger partial charge in [-0.2, -0.15) is 0 Å². The average Bonchev–Trinajstić information content (AvgIpc) is 3.08. The van der Waals surface area contributed by atoms with Crippen LogP contribution < -0.4 is 19.3 Å². The van der Waals surface area contributed by atoms with Gasteiger partial charge in [-0.25, -0.2) is 4.90 Å². The fourth-order valence-corrected chi connectivity index (χ4v) is 3.93. The third kappa shape index (κ3) is 3.59. The summed E-state index contributed by atoms with van der Waals surface area (Å²) in [6.45, 7) is 0.